The number of amides is 2. The molecular weight excluding hydrogens is 937 g/mol. The maximum absolute atomic E-state index is 13.8. The summed E-state index contributed by atoms with van der Waals surface area (Å²) in [4.78, 5) is 92.9. The van der Waals surface area contributed by atoms with Crippen LogP contribution in [0.3, 0.4) is 0 Å². The Bertz CT molecular complexity index is 2890. The van der Waals surface area contributed by atoms with Crippen LogP contribution in [0.1, 0.15) is 98.2 Å². The lowest BCUT2D eigenvalue weighted by molar-refractivity contribution is -0.155. The highest BCUT2D eigenvalue weighted by molar-refractivity contribution is 5.73. The number of carboxylic acid groups (broad SMARTS) is 1. The van der Waals surface area contributed by atoms with Gasteiger partial charge in [-0.15, -0.1) is 10.2 Å². The fourth-order valence-corrected chi connectivity index (χ4v) is 8.65. The van der Waals surface area contributed by atoms with E-state index in [1.54, 1.807) is 49.0 Å². The lowest BCUT2D eigenvalue weighted by atomic mass is 10.1. The molecule has 24 heteroatoms. The topological polar surface area (TPSA) is 252 Å². The van der Waals surface area contributed by atoms with E-state index in [4.69, 9.17) is 23.7 Å². The van der Waals surface area contributed by atoms with Crippen LogP contribution in [0, 0.1) is 13.8 Å². The summed E-state index contributed by atoms with van der Waals surface area (Å²) in [5, 5.41) is 18.5. The number of carbonyl (C=O) groups excluding carboxylic acids is 3. The fourth-order valence-electron chi connectivity index (χ4n) is 8.65. The SMILES string of the molecule is Cc1c(N2CCN(C(=O)OC(C)(C)C)CC2)c(=O)n2nc(C3=CCOCC3)nc2n1CC(=O)O.Cc1c(N2CCN(C(=O)OC(C)(C)C)CC2)c(=O)n2nc(C3=CCOCC3)nc2n1CC(=O)OC(C)(C)C. The average molecular weight is 1010 g/mol. The second-order valence-corrected chi connectivity index (χ2v) is 20.9. The number of fused-ring (bicyclic) bond motifs is 2. The van der Waals surface area contributed by atoms with Gasteiger partial charge in [0.15, 0.2) is 11.6 Å². The monoisotopic (exact) mass is 1000 g/mol. The Hall–Kier alpha value is -6.82. The largest absolute Gasteiger partial charge is 0.480 e. The number of hydrogen-bond donors (Lipinski definition) is 1. The van der Waals surface area contributed by atoms with Gasteiger partial charge in [-0.1, -0.05) is 12.2 Å². The third-order valence-corrected chi connectivity index (χ3v) is 11.9. The Morgan fingerprint density at radius 2 is 0.958 bits per heavy atom. The smallest absolute Gasteiger partial charge is 0.410 e. The number of carboxylic acids is 1. The second kappa shape index (κ2) is 21.1. The number of hydrogen-bond acceptors (Lipinski definition) is 17. The number of aromatic nitrogens is 8. The fraction of sp³-hybridized carbons (Fsp3) is 0.625. The highest BCUT2D eigenvalue weighted by Gasteiger charge is 2.33. The molecule has 0 radical (unpaired) electrons. The third kappa shape index (κ3) is 12.4. The highest BCUT2D eigenvalue weighted by Crippen LogP contribution is 2.26. The van der Waals surface area contributed by atoms with Crippen LogP contribution in [0.4, 0.5) is 21.0 Å². The van der Waals surface area contributed by atoms with Crippen molar-refractivity contribution in [3.63, 3.8) is 0 Å². The number of anilines is 2. The average Bonchev–Trinajstić information content (AvgIpc) is 3.96. The molecule has 8 rings (SSSR count). The summed E-state index contributed by atoms with van der Waals surface area (Å²) in [6.45, 7) is 24.5. The molecule has 0 bridgehead atoms. The molecule has 0 saturated carbocycles. The van der Waals surface area contributed by atoms with Crippen molar-refractivity contribution in [2.45, 2.75) is 119 Å². The van der Waals surface area contributed by atoms with E-state index in [9.17, 15) is 33.9 Å². The Morgan fingerprint density at radius 3 is 1.29 bits per heavy atom. The van der Waals surface area contributed by atoms with Crippen molar-refractivity contribution in [1.82, 2.24) is 48.1 Å². The molecule has 24 nitrogen and oxygen atoms in total. The summed E-state index contributed by atoms with van der Waals surface area (Å²) in [6.07, 6.45) is 4.25. The normalized spacial score (nSPS) is 17.0. The van der Waals surface area contributed by atoms with Crippen LogP contribution in [-0.2, 0) is 46.4 Å². The van der Waals surface area contributed by atoms with Gasteiger partial charge in [0.1, 0.15) is 41.3 Å². The minimum Gasteiger partial charge on any atom is -0.480 e. The van der Waals surface area contributed by atoms with E-state index in [2.05, 4.69) is 20.2 Å². The molecule has 2 amide bonds. The Morgan fingerprint density at radius 1 is 0.583 bits per heavy atom. The number of ether oxygens (including phenoxy) is 5. The molecule has 0 aliphatic carbocycles. The zero-order chi connectivity index (χ0) is 52.4. The first-order chi connectivity index (χ1) is 33.8. The van der Waals surface area contributed by atoms with Gasteiger partial charge in [-0.2, -0.15) is 19.0 Å². The van der Waals surface area contributed by atoms with E-state index in [0.29, 0.717) is 126 Å². The zero-order valence-corrected chi connectivity index (χ0v) is 43.3. The standard InChI is InChI=1S/C26H38N6O6.C22H30N6O6/c1-17-20(29-10-12-30(13-11-29)24(35)38-26(5,6)7)22(34)32-23(31(17)16-19(33)37-25(2,3)4)27-21(28-32)18-8-14-36-15-9-18;1-14-17(25-7-9-26(10-8-25)21(32)34-22(2,3)4)19(31)28-20(27(14)13-16(29)30)23-18(24-28)15-5-11-33-12-6-15/h8H,9-16H2,1-7H3;5H,6-13H2,1-4H3,(H,29,30). The predicted octanol–water partition coefficient (Wildman–Crippen LogP) is 3.55. The van der Waals surface area contributed by atoms with Crippen LogP contribution in [0.25, 0.3) is 22.7 Å². The molecule has 4 aromatic rings. The molecule has 0 unspecified atom stereocenters. The number of nitrogens with zero attached hydrogens (tertiary/aromatic N) is 12. The minimum atomic E-state index is -1.05. The van der Waals surface area contributed by atoms with Crippen LogP contribution < -0.4 is 20.9 Å². The lowest BCUT2D eigenvalue weighted by Gasteiger charge is -2.37. The first-order valence-electron chi connectivity index (χ1n) is 24.2. The van der Waals surface area contributed by atoms with Gasteiger partial charge >= 0.3 is 24.1 Å². The summed E-state index contributed by atoms with van der Waals surface area (Å²) in [5.74, 6) is -0.202. The Labute approximate surface area is 416 Å². The van der Waals surface area contributed by atoms with Crippen molar-refractivity contribution >= 4 is 58.2 Å². The summed E-state index contributed by atoms with van der Waals surface area (Å²) < 4.78 is 32.9. The number of aliphatic carboxylic acids is 1. The van der Waals surface area contributed by atoms with Crippen molar-refractivity contribution < 1.29 is 48.0 Å². The molecular formula is C48H68N12O12. The Kier molecular flexibility index (Phi) is 15.5. The first kappa shape index (κ1) is 53.0. The van der Waals surface area contributed by atoms with Gasteiger partial charge in [0.05, 0.1) is 26.4 Å². The highest BCUT2D eigenvalue weighted by atomic mass is 16.6. The van der Waals surface area contributed by atoms with Crippen LogP contribution >= 0.6 is 0 Å². The molecule has 0 atom stereocenters. The molecule has 2 saturated heterocycles. The third-order valence-electron chi connectivity index (χ3n) is 11.9. The molecule has 1 N–H and O–H groups in total. The molecule has 2 fully saturated rings. The van der Waals surface area contributed by atoms with Gasteiger partial charge in [0.25, 0.3) is 11.1 Å². The maximum Gasteiger partial charge on any atom is 0.410 e. The lowest BCUT2D eigenvalue weighted by Crippen LogP contribution is -2.51. The summed E-state index contributed by atoms with van der Waals surface area (Å²) in [5.41, 5.74) is 1.08. The summed E-state index contributed by atoms with van der Waals surface area (Å²) in [7, 11) is 0. The predicted molar refractivity (Wildman–Crippen MR) is 264 cm³/mol. The maximum atomic E-state index is 13.8. The van der Waals surface area contributed by atoms with Crippen molar-refractivity contribution in [3.8, 4) is 0 Å². The van der Waals surface area contributed by atoms with Crippen molar-refractivity contribution in [3.05, 3.63) is 55.9 Å². The molecule has 4 aromatic heterocycles. The number of carbonyl (C=O) groups is 4. The van der Waals surface area contributed by atoms with Gasteiger partial charge < -0.3 is 57.5 Å². The van der Waals surface area contributed by atoms with Crippen LogP contribution in [0.2, 0.25) is 0 Å². The summed E-state index contributed by atoms with van der Waals surface area (Å²) >= 11 is 0. The van der Waals surface area contributed by atoms with Gasteiger partial charge in [-0.3, -0.25) is 19.2 Å². The van der Waals surface area contributed by atoms with E-state index >= 15 is 0 Å². The summed E-state index contributed by atoms with van der Waals surface area (Å²) in [6, 6.07) is 0. The Balaban J connectivity index is 0.000000213. The van der Waals surface area contributed by atoms with E-state index in [1.807, 2.05) is 63.5 Å². The van der Waals surface area contributed by atoms with E-state index in [0.717, 1.165) is 11.1 Å². The zero-order valence-electron chi connectivity index (χ0n) is 43.3. The quantitative estimate of drug-likeness (QED) is 0.196. The molecule has 0 spiro atoms. The van der Waals surface area contributed by atoms with E-state index < -0.39 is 34.8 Å². The first-order valence-corrected chi connectivity index (χ1v) is 24.2. The second-order valence-electron chi connectivity index (χ2n) is 20.9. The van der Waals surface area contributed by atoms with Crippen LogP contribution in [-0.4, -0.2) is 173 Å². The molecule has 8 heterocycles. The molecule has 392 valence electrons. The van der Waals surface area contributed by atoms with Gasteiger partial charge in [-0.25, -0.2) is 9.59 Å². The number of rotatable bonds is 8. The van der Waals surface area contributed by atoms with E-state index in [1.165, 1.54) is 13.6 Å². The van der Waals surface area contributed by atoms with E-state index in [-0.39, 0.29) is 41.9 Å². The number of piperazine rings is 2. The number of esters is 1. The van der Waals surface area contributed by atoms with Crippen molar-refractivity contribution in [1.29, 1.82) is 0 Å². The van der Waals surface area contributed by atoms with Crippen LogP contribution in [0.15, 0.2) is 21.7 Å². The van der Waals surface area contributed by atoms with Crippen LogP contribution in [0.5, 0.6) is 0 Å². The molecule has 72 heavy (non-hydrogen) atoms. The molecule has 0 aromatic carbocycles. The van der Waals surface area contributed by atoms with Crippen molar-refractivity contribution in [2.75, 3.05) is 88.6 Å². The van der Waals surface area contributed by atoms with Gasteiger partial charge in [0, 0.05) is 63.7 Å². The van der Waals surface area contributed by atoms with Crippen molar-refractivity contribution in [2.24, 2.45) is 0 Å². The van der Waals surface area contributed by atoms with Gasteiger partial charge in [-0.05, 0) is 100 Å². The minimum absolute atomic E-state index is 0.127. The molecule has 4 aliphatic heterocycles. The molecule has 4 aliphatic rings. The van der Waals surface area contributed by atoms with Gasteiger partial charge in [0.2, 0.25) is 11.6 Å².